The molecule has 1 atom stereocenters. The lowest BCUT2D eigenvalue weighted by Crippen LogP contribution is -2.23. The molecule has 31 heavy (non-hydrogen) atoms. The first kappa shape index (κ1) is 20.7. The minimum Gasteiger partial charge on any atom is -0.387 e. The monoisotopic (exact) mass is 415 g/mol. The average molecular weight is 415 g/mol. The summed E-state index contributed by atoms with van der Waals surface area (Å²) >= 11 is 0. The van der Waals surface area contributed by atoms with E-state index < -0.39 is 6.10 Å². The molecule has 2 aromatic heterocycles. The Bertz CT molecular complexity index is 1130. The molecule has 4 aromatic rings. The van der Waals surface area contributed by atoms with Gasteiger partial charge >= 0.3 is 0 Å². The number of aromatic nitrogens is 3. The summed E-state index contributed by atoms with van der Waals surface area (Å²) in [6.07, 6.45) is 3.86. The second kappa shape index (κ2) is 9.97. The summed E-state index contributed by atoms with van der Waals surface area (Å²) in [7, 11) is 0. The van der Waals surface area contributed by atoms with Crippen molar-refractivity contribution in [3.8, 4) is 0 Å². The number of hydrogen-bond acceptors (Lipinski definition) is 5. The lowest BCUT2D eigenvalue weighted by atomic mass is 10.1. The number of anilines is 1. The minimum absolute atomic E-state index is 0.0896. The number of H-pyrrole nitrogens is 1. The van der Waals surface area contributed by atoms with Crippen LogP contribution in [0.4, 0.5) is 5.69 Å². The Labute approximate surface area is 180 Å². The molecule has 0 aliphatic heterocycles. The molecule has 0 saturated heterocycles. The van der Waals surface area contributed by atoms with Crippen molar-refractivity contribution in [1.82, 2.24) is 20.5 Å². The van der Waals surface area contributed by atoms with Gasteiger partial charge in [0.1, 0.15) is 0 Å². The maximum Gasteiger partial charge on any atom is 0.230 e. The standard InChI is InChI=1S/C24H25N5O2/c30-23(18-4-3-12-25-15-18)16-26-13-11-17-7-9-19(10-8-17)27-24(31)14-22-20-5-1-2-6-21(20)28-29-22/h1-10,12,15,23,26,30H,11,13-14,16H2,(H,27,31)(H,28,29)/t23-/m0/s1. The summed E-state index contributed by atoms with van der Waals surface area (Å²) in [4.78, 5) is 16.4. The Balaban J connectivity index is 1.22. The molecule has 7 nitrogen and oxygen atoms in total. The quantitative estimate of drug-likeness (QED) is 0.315. The van der Waals surface area contributed by atoms with E-state index in [1.165, 1.54) is 0 Å². The third-order valence-corrected chi connectivity index (χ3v) is 5.11. The van der Waals surface area contributed by atoms with Gasteiger partial charge in [-0.1, -0.05) is 36.4 Å². The Morgan fingerprint density at radius 3 is 2.71 bits per heavy atom. The lowest BCUT2D eigenvalue weighted by molar-refractivity contribution is -0.115. The van der Waals surface area contributed by atoms with Gasteiger partial charge in [-0.3, -0.25) is 14.9 Å². The number of pyridine rings is 1. The third kappa shape index (κ3) is 5.53. The molecule has 2 aromatic carbocycles. The number of para-hydroxylation sites is 1. The van der Waals surface area contributed by atoms with Crippen LogP contribution in [0.25, 0.3) is 10.9 Å². The first-order chi connectivity index (χ1) is 15.2. The molecule has 4 rings (SSSR count). The Morgan fingerprint density at radius 2 is 1.90 bits per heavy atom. The molecule has 0 radical (unpaired) electrons. The number of carbonyl (C=O) groups excluding carboxylic acids is 1. The second-order valence-corrected chi connectivity index (χ2v) is 7.40. The van der Waals surface area contributed by atoms with E-state index >= 15 is 0 Å². The van der Waals surface area contributed by atoms with Crippen LogP contribution in [0.1, 0.15) is 22.9 Å². The number of aliphatic hydroxyl groups is 1. The van der Waals surface area contributed by atoms with Crippen molar-refractivity contribution in [2.45, 2.75) is 18.9 Å². The summed E-state index contributed by atoms with van der Waals surface area (Å²) < 4.78 is 0. The molecule has 1 amide bonds. The van der Waals surface area contributed by atoms with Crippen LogP contribution >= 0.6 is 0 Å². The van der Waals surface area contributed by atoms with Crippen LogP contribution < -0.4 is 10.6 Å². The lowest BCUT2D eigenvalue weighted by Gasteiger charge is -2.12. The van der Waals surface area contributed by atoms with Crippen molar-refractivity contribution in [2.75, 3.05) is 18.4 Å². The van der Waals surface area contributed by atoms with Crippen LogP contribution in [-0.4, -0.2) is 39.3 Å². The molecule has 0 aliphatic rings. The van der Waals surface area contributed by atoms with E-state index in [4.69, 9.17) is 0 Å². The van der Waals surface area contributed by atoms with Crippen molar-refractivity contribution < 1.29 is 9.90 Å². The van der Waals surface area contributed by atoms with Crippen LogP contribution in [0.2, 0.25) is 0 Å². The maximum absolute atomic E-state index is 12.4. The fraction of sp³-hybridized carbons (Fsp3) is 0.208. The fourth-order valence-corrected chi connectivity index (χ4v) is 3.43. The molecule has 2 heterocycles. The maximum atomic E-state index is 12.4. The van der Waals surface area contributed by atoms with Crippen LogP contribution in [0, 0.1) is 0 Å². The van der Waals surface area contributed by atoms with Gasteiger partial charge in [0.2, 0.25) is 5.91 Å². The van der Waals surface area contributed by atoms with Gasteiger partial charge in [0.05, 0.1) is 23.7 Å². The van der Waals surface area contributed by atoms with Gasteiger partial charge in [-0.2, -0.15) is 5.10 Å². The first-order valence-electron chi connectivity index (χ1n) is 10.3. The van der Waals surface area contributed by atoms with Gasteiger partial charge < -0.3 is 15.7 Å². The van der Waals surface area contributed by atoms with Crippen LogP contribution in [0.15, 0.2) is 73.1 Å². The fourth-order valence-electron chi connectivity index (χ4n) is 3.43. The van der Waals surface area contributed by atoms with E-state index in [1.807, 2.05) is 60.7 Å². The molecule has 0 aliphatic carbocycles. The van der Waals surface area contributed by atoms with Crippen molar-refractivity contribution >= 4 is 22.5 Å². The zero-order chi connectivity index (χ0) is 21.5. The predicted octanol–water partition coefficient (Wildman–Crippen LogP) is 3.00. The van der Waals surface area contributed by atoms with Crippen LogP contribution in [0.3, 0.4) is 0 Å². The smallest absolute Gasteiger partial charge is 0.230 e. The molecule has 0 spiro atoms. The minimum atomic E-state index is -0.571. The largest absolute Gasteiger partial charge is 0.387 e. The van der Waals surface area contributed by atoms with E-state index in [9.17, 15) is 9.90 Å². The second-order valence-electron chi connectivity index (χ2n) is 7.40. The number of benzene rings is 2. The van der Waals surface area contributed by atoms with Crippen molar-refractivity contribution in [2.24, 2.45) is 0 Å². The number of aliphatic hydroxyl groups excluding tert-OH is 1. The number of hydrogen-bond donors (Lipinski definition) is 4. The number of amides is 1. The molecule has 7 heteroatoms. The molecule has 0 unspecified atom stereocenters. The molecule has 0 fully saturated rings. The SMILES string of the molecule is O=C(Cc1[nH]nc2ccccc12)Nc1ccc(CCNC[C@H](O)c2cccnc2)cc1. The average Bonchev–Trinajstić information content (AvgIpc) is 3.21. The normalized spacial score (nSPS) is 12.0. The summed E-state index contributed by atoms with van der Waals surface area (Å²) in [6.45, 7) is 1.22. The van der Waals surface area contributed by atoms with E-state index in [2.05, 4.69) is 25.8 Å². The van der Waals surface area contributed by atoms with Crippen molar-refractivity contribution in [3.63, 3.8) is 0 Å². The van der Waals surface area contributed by atoms with Crippen LogP contribution in [0.5, 0.6) is 0 Å². The van der Waals surface area contributed by atoms with E-state index in [1.54, 1.807) is 12.4 Å². The molecular weight excluding hydrogens is 390 g/mol. The predicted molar refractivity (Wildman–Crippen MR) is 121 cm³/mol. The van der Waals surface area contributed by atoms with Gasteiger partial charge in [-0.05, 0) is 42.8 Å². The summed E-state index contributed by atoms with van der Waals surface area (Å²) in [5.41, 5.74) is 4.39. The number of carbonyl (C=O) groups is 1. The number of fused-ring (bicyclic) bond motifs is 1. The number of rotatable bonds is 9. The Morgan fingerprint density at radius 1 is 1.06 bits per heavy atom. The highest BCUT2D eigenvalue weighted by atomic mass is 16.3. The van der Waals surface area contributed by atoms with E-state index in [0.29, 0.717) is 6.54 Å². The first-order valence-corrected chi connectivity index (χ1v) is 10.3. The highest BCUT2D eigenvalue weighted by molar-refractivity contribution is 5.94. The van der Waals surface area contributed by atoms with Gasteiger partial charge in [0.25, 0.3) is 0 Å². The van der Waals surface area contributed by atoms with Crippen molar-refractivity contribution in [3.05, 3.63) is 89.9 Å². The van der Waals surface area contributed by atoms with E-state index in [-0.39, 0.29) is 12.3 Å². The summed E-state index contributed by atoms with van der Waals surface area (Å²) in [5, 5.41) is 24.5. The summed E-state index contributed by atoms with van der Waals surface area (Å²) in [6, 6.07) is 19.2. The highest BCUT2D eigenvalue weighted by Crippen LogP contribution is 2.17. The van der Waals surface area contributed by atoms with Crippen molar-refractivity contribution in [1.29, 1.82) is 0 Å². The molecule has 0 saturated carbocycles. The zero-order valence-electron chi connectivity index (χ0n) is 17.1. The van der Waals surface area contributed by atoms with Gasteiger partial charge in [-0.25, -0.2) is 0 Å². The molecule has 4 N–H and O–H groups in total. The summed E-state index contributed by atoms with van der Waals surface area (Å²) in [5.74, 6) is -0.0896. The Kier molecular flexibility index (Phi) is 6.66. The number of nitrogens with zero attached hydrogens (tertiary/aromatic N) is 2. The molecule has 0 bridgehead atoms. The zero-order valence-corrected chi connectivity index (χ0v) is 17.1. The molecule has 158 valence electrons. The Hall–Kier alpha value is -3.55. The number of aromatic amines is 1. The van der Waals surface area contributed by atoms with Gasteiger partial charge in [-0.15, -0.1) is 0 Å². The molecular formula is C24H25N5O2. The van der Waals surface area contributed by atoms with Gasteiger partial charge in [0.15, 0.2) is 0 Å². The third-order valence-electron chi connectivity index (χ3n) is 5.11. The van der Waals surface area contributed by atoms with Crippen LogP contribution in [-0.2, 0) is 17.6 Å². The van der Waals surface area contributed by atoms with E-state index in [0.717, 1.165) is 46.4 Å². The van der Waals surface area contributed by atoms with Gasteiger partial charge in [0, 0.05) is 35.6 Å². The topological polar surface area (TPSA) is 103 Å². The highest BCUT2D eigenvalue weighted by Gasteiger charge is 2.10. The number of nitrogens with one attached hydrogen (secondary N) is 3.